The molecule has 0 unspecified atom stereocenters. The SMILES string of the molecule is COc1ccc(/C=C/C(=O)Nc2ccc3oc4ccccc4c3c2)cc1S(=O)(=O)N1CCOCC1. The zero-order chi connectivity index (χ0) is 24.4. The number of nitrogens with one attached hydrogen (secondary N) is 1. The normalized spacial score (nSPS) is 15.1. The molecule has 0 atom stereocenters. The molecule has 1 aliphatic rings. The number of anilines is 1. The van der Waals surface area contributed by atoms with Crippen LogP contribution in [0.5, 0.6) is 5.75 Å². The summed E-state index contributed by atoms with van der Waals surface area (Å²) < 4.78 is 44.1. The molecule has 5 rings (SSSR count). The zero-order valence-electron chi connectivity index (χ0n) is 19.1. The van der Waals surface area contributed by atoms with Crippen molar-refractivity contribution in [2.75, 3.05) is 38.7 Å². The first-order valence-corrected chi connectivity index (χ1v) is 12.6. The number of hydrogen-bond acceptors (Lipinski definition) is 6. The number of nitrogens with zero attached hydrogens (tertiary/aromatic N) is 1. The molecule has 1 amide bonds. The van der Waals surface area contributed by atoms with Crippen molar-refractivity contribution >= 4 is 49.6 Å². The van der Waals surface area contributed by atoms with Crippen molar-refractivity contribution in [3.05, 3.63) is 72.3 Å². The summed E-state index contributed by atoms with van der Waals surface area (Å²) in [6.07, 6.45) is 2.93. The van der Waals surface area contributed by atoms with Crippen LogP contribution >= 0.6 is 0 Å². The topological polar surface area (TPSA) is 98.1 Å². The molecular formula is C26H24N2O6S. The van der Waals surface area contributed by atoms with E-state index in [2.05, 4.69) is 5.32 Å². The number of carbonyl (C=O) groups excluding carboxylic acids is 1. The lowest BCUT2D eigenvalue weighted by Gasteiger charge is -2.26. The van der Waals surface area contributed by atoms with Crippen molar-refractivity contribution in [1.82, 2.24) is 4.31 Å². The van der Waals surface area contributed by atoms with Gasteiger partial charge in [-0.3, -0.25) is 4.79 Å². The third kappa shape index (κ3) is 4.66. The van der Waals surface area contributed by atoms with Crippen molar-refractivity contribution in [2.45, 2.75) is 4.90 Å². The molecule has 35 heavy (non-hydrogen) atoms. The van der Waals surface area contributed by atoms with Crippen molar-refractivity contribution < 1.29 is 27.1 Å². The summed E-state index contributed by atoms with van der Waals surface area (Å²) in [5.41, 5.74) is 2.72. The molecule has 1 aliphatic heterocycles. The highest BCUT2D eigenvalue weighted by molar-refractivity contribution is 7.89. The van der Waals surface area contributed by atoms with Crippen LogP contribution in [-0.4, -0.2) is 52.0 Å². The number of furan rings is 1. The number of sulfonamides is 1. The molecule has 2 heterocycles. The van der Waals surface area contributed by atoms with Crippen LogP contribution in [0.25, 0.3) is 28.0 Å². The zero-order valence-corrected chi connectivity index (χ0v) is 19.9. The van der Waals surface area contributed by atoms with Gasteiger partial charge >= 0.3 is 0 Å². The second-order valence-corrected chi connectivity index (χ2v) is 9.96. The van der Waals surface area contributed by atoms with Gasteiger partial charge < -0.3 is 19.2 Å². The average molecular weight is 493 g/mol. The minimum Gasteiger partial charge on any atom is -0.495 e. The summed E-state index contributed by atoms with van der Waals surface area (Å²) in [7, 11) is -2.34. The molecule has 8 nitrogen and oxygen atoms in total. The maximum Gasteiger partial charge on any atom is 0.248 e. The van der Waals surface area contributed by atoms with Gasteiger partial charge in [-0.05, 0) is 48.0 Å². The van der Waals surface area contributed by atoms with Crippen LogP contribution in [0.2, 0.25) is 0 Å². The second kappa shape index (κ2) is 9.53. The lowest BCUT2D eigenvalue weighted by molar-refractivity contribution is -0.111. The van der Waals surface area contributed by atoms with Gasteiger partial charge in [-0.25, -0.2) is 8.42 Å². The highest BCUT2D eigenvalue weighted by atomic mass is 32.2. The van der Waals surface area contributed by atoms with Gasteiger partial charge in [0.2, 0.25) is 15.9 Å². The van der Waals surface area contributed by atoms with Crippen molar-refractivity contribution in [3.63, 3.8) is 0 Å². The highest BCUT2D eigenvalue weighted by Crippen LogP contribution is 2.31. The first kappa shape index (κ1) is 23.1. The molecule has 0 bridgehead atoms. The molecule has 0 aliphatic carbocycles. The predicted octanol–water partition coefficient (Wildman–Crippen LogP) is 4.27. The number of morpholine rings is 1. The summed E-state index contributed by atoms with van der Waals surface area (Å²) in [4.78, 5) is 12.6. The van der Waals surface area contributed by atoms with E-state index in [9.17, 15) is 13.2 Å². The number of methoxy groups -OCH3 is 1. The molecule has 1 fully saturated rings. The van der Waals surface area contributed by atoms with Crippen molar-refractivity contribution in [2.24, 2.45) is 0 Å². The molecule has 0 saturated carbocycles. The minimum atomic E-state index is -3.76. The van der Waals surface area contributed by atoms with E-state index in [1.807, 2.05) is 36.4 Å². The lowest BCUT2D eigenvalue weighted by Crippen LogP contribution is -2.40. The number of amides is 1. The van der Waals surface area contributed by atoms with Gasteiger partial charge in [0.25, 0.3) is 0 Å². The summed E-state index contributed by atoms with van der Waals surface area (Å²) in [6, 6.07) is 18.0. The Kier molecular flexibility index (Phi) is 6.29. The molecule has 0 radical (unpaired) electrons. The Bertz CT molecular complexity index is 1530. The van der Waals surface area contributed by atoms with E-state index < -0.39 is 10.0 Å². The van der Waals surface area contributed by atoms with Gasteiger partial charge in [0, 0.05) is 35.6 Å². The van der Waals surface area contributed by atoms with E-state index >= 15 is 0 Å². The highest BCUT2D eigenvalue weighted by Gasteiger charge is 2.29. The Morgan fingerprint density at radius 1 is 1.00 bits per heavy atom. The summed E-state index contributed by atoms with van der Waals surface area (Å²) in [5.74, 6) is -0.0933. The minimum absolute atomic E-state index is 0.0572. The number of rotatable bonds is 6. The first-order valence-electron chi connectivity index (χ1n) is 11.1. The van der Waals surface area contributed by atoms with E-state index in [0.717, 1.165) is 21.9 Å². The lowest BCUT2D eigenvalue weighted by atomic mass is 10.1. The van der Waals surface area contributed by atoms with Crippen LogP contribution in [0.3, 0.4) is 0 Å². The molecule has 1 saturated heterocycles. The number of hydrogen-bond donors (Lipinski definition) is 1. The van der Waals surface area contributed by atoms with Gasteiger partial charge in [0.1, 0.15) is 21.8 Å². The fraction of sp³-hybridized carbons (Fsp3) is 0.192. The average Bonchev–Trinajstić information content (AvgIpc) is 3.26. The van der Waals surface area contributed by atoms with Crippen molar-refractivity contribution in [3.8, 4) is 5.75 Å². The van der Waals surface area contributed by atoms with Gasteiger partial charge in [0.15, 0.2) is 0 Å². The summed E-state index contributed by atoms with van der Waals surface area (Å²) in [6.45, 7) is 1.26. The first-order chi connectivity index (χ1) is 17.0. The van der Waals surface area contributed by atoms with E-state index in [4.69, 9.17) is 13.9 Å². The maximum absolute atomic E-state index is 13.2. The smallest absolute Gasteiger partial charge is 0.248 e. The Morgan fingerprint density at radius 3 is 2.57 bits per heavy atom. The fourth-order valence-electron chi connectivity index (χ4n) is 4.08. The Balaban J connectivity index is 1.36. The number of carbonyl (C=O) groups is 1. The Labute approximate surface area is 202 Å². The molecule has 1 aromatic heterocycles. The third-order valence-electron chi connectivity index (χ3n) is 5.85. The summed E-state index contributed by atoms with van der Waals surface area (Å²) in [5, 5.41) is 4.73. The van der Waals surface area contributed by atoms with Crippen LogP contribution < -0.4 is 10.1 Å². The standard InChI is InChI=1S/C26H24N2O6S/c1-32-24-9-6-18(16-25(24)35(30,31)28-12-14-33-15-13-28)7-11-26(29)27-19-8-10-23-21(17-19)20-4-2-3-5-22(20)34-23/h2-11,16-17H,12-15H2,1H3,(H,27,29)/b11-7+. The quantitative estimate of drug-likeness (QED) is 0.404. The number of ether oxygens (including phenoxy) is 2. The molecule has 0 spiro atoms. The van der Waals surface area contributed by atoms with Gasteiger partial charge in [0.05, 0.1) is 20.3 Å². The largest absolute Gasteiger partial charge is 0.495 e. The number of fused-ring (bicyclic) bond motifs is 3. The monoisotopic (exact) mass is 492 g/mol. The fourth-order valence-corrected chi connectivity index (χ4v) is 5.68. The Morgan fingerprint density at radius 2 is 1.77 bits per heavy atom. The van der Waals surface area contributed by atoms with Crippen LogP contribution in [0, 0.1) is 0 Å². The van der Waals surface area contributed by atoms with Crippen LogP contribution in [0.4, 0.5) is 5.69 Å². The van der Waals surface area contributed by atoms with E-state index in [1.165, 1.54) is 23.6 Å². The summed E-state index contributed by atoms with van der Waals surface area (Å²) >= 11 is 0. The van der Waals surface area contributed by atoms with E-state index in [1.54, 1.807) is 24.3 Å². The van der Waals surface area contributed by atoms with Crippen LogP contribution in [0.1, 0.15) is 5.56 Å². The molecule has 3 aromatic carbocycles. The van der Waals surface area contributed by atoms with E-state index in [-0.39, 0.29) is 29.6 Å². The third-order valence-corrected chi connectivity index (χ3v) is 7.77. The van der Waals surface area contributed by atoms with Gasteiger partial charge in [-0.1, -0.05) is 24.3 Å². The number of benzene rings is 3. The molecule has 9 heteroatoms. The van der Waals surface area contributed by atoms with Crippen LogP contribution in [0.15, 0.2) is 76.1 Å². The molecule has 4 aromatic rings. The second-order valence-electron chi connectivity index (χ2n) is 8.06. The van der Waals surface area contributed by atoms with Gasteiger partial charge in [-0.2, -0.15) is 4.31 Å². The molecular weight excluding hydrogens is 468 g/mol. The van der Waals surface area contributed by atoms with Gasteiger partial charge in [-0.15, -0.1) is 0 Å². The van der Waals surface area contributed by atoms with Crippen LogP contribution in [-0.2, 0) is 19.6 Å². The molecule has 180 valence electrons. The predicted molar refractivity (Wildman–Crippen MR) is 134 cm³/mol. The maximum atomic E-state index is 13.2. The Hall–Kier alpha value is -3.66. The van der Waals surface area contributed by atoms with Crippen molar-refractivity contribution in [1.29, 1.82) is 0 Å². The van der Waals surface area contributed by atoms with E-state index in [0.29, 0.717) is 24.5 Å². The number of para-hydroxylation sites is 1. The molecule has 1 N–H and O–H groups in total.